The minimum Gasteiger partial charge on any atom is -0.315 e. The molecule has 2 heterocycles. The smallest absolute Gasteiger partial charge is 0.178 e. The number of hydrogen-bond donors (Lipinski definition) is 1. The van der Waals surface area contributed by atoms with E-state index < -0.39 is 0 Å². The van der Waals surface area contributed by atoms with Crippen LogP contribution in [0.1, 0.15) is 18.9 Å². The number of imidazole rings is 1. The van der Waals surface area contributed by atoms with Gasteiger partial charge in [0.15, 0.2) is 10.6 Å². The minimum absolute atomic E-state index is 0.259. The highest BCUT2D eigenvalue weighted by Gasteiger charge is 2.21. The summed E-state index contributed by atoms with van der Waals surface area (Å²) in [6.45, 7) is 1.98. The van der Waals surface area contributed by atoms with E-state index in [0.717, 1.165) is 31.4 Å². The Morgan fingerprint density at radius 1 is 1.47 bits per heavy atom. The van der Waals surface area contributed by atoms with Gasteiger partial charge in [-0.2, -0.15) is 0 Å². The molecule has 1 atom stereocenters. The number of benzene rings is 1. The van der Waals surface area contributed by atoms with Gasteiger partial charge in [-0.15, -0.1) is 0 Å². The number of hydrogen-bond acceptors (Lipinski definition) is 2. The van der Waals surface area contributed by atoms with E-state index in [1.807, 2.05) is 6.07 Å². The molecule has 1 N–H and O–H groups in total. The van der Waals surface area contributed by atoms with Gasteiger partial charge in [0.05, 0.1) is 5.52 Å². The van der Waals surface area contributed by atoms with E-state index >= 15 is 0 Å². The van der Waals surface area contributed by atoms with E-state index in [2.05, 4.69) is 30.8 Å². The molecule has 0 saturated carbocycles. The van der Waals surface area contributed by atoms with Crippen molar-refractivity contribution in [2.45, 2.75) is 18.9 Å². The molecule has 0 aliphatic carbocycles. The van der Waals surface area contributed by atoms with Crippen molar-refractivity contribution in [3.63, 3.8) is 0 Å². The van der Waals surface area contributed by atoms with Gasteiger partial charge in [0.25, 0.3) is 0 Å². The van der Waals surface area contributed by atoms with E-state index in [9.17, 15) is 4.39 Å². The lowest BCUT2D eigenvalue weighted by Crippen LogP contribution is -2.31. The largest absolute Gasteiger partial charge is 0.315 e. The number of nitrogens with one attached hydrogen (secondary N) is 1. The normalized spacial score (nSPS) is 20.9. The SMILES string of the molecule is Fc1cccc2c1nc(Br)n2C1CCCNC1. The zero-order valence-corrected chi connectivity index (χ0v) is 10.9. The number of nitrogens with zero attached hydrogens (tertiary/aromatic N) is 2. The van der Waals surface area contributed by atoms with Crippen LogP contribution >= 0.6 is 15.9 Å². The van der Waals surface area contributed by atoms with Gasteiger partial charge < -0.3 is 9.88 Å². The fourth-order valence-corrected chi connectivity index (χ4v) is 3.11. The Labute approximate surface area is 107 Å². The van der Waals surface area contributed by atoms with Crippen LogP contribution in [-0.2, 0) is 0 Å². The first-order chi connectivity index (χ1) is 8.27. The topological polar surface area (TPSA) is 29.9 Å². The second-order valence-electron chi connectivity index (χ2n) is 4.36. The van der Waals surface area contributed by atoms with Crippen LogP contribution in [0.5, 0.6) is 0 Å². The highest BCUT2D eigenvalue weighted by atomic mass is 79.9. The molecular weight excluding hydrogens is 285 g/mol. The third-order valence-electron chi connectivity index (χ3n) is 3.26. The first kappa shape index (κ1) is 11.2. The van der Waals surface area contributed by atoms with Crippen molar-refractivity contribution in [1.29, 1.82) is 0 Å². The van der Waals surface area contributed by atoms with Crippen LogP contribution in [0.4, 0.5) is 4.39 Å². The van der Waals surface area contributed by atoms with Gasteiger partial charge in [-0.3, -0.25) is 0 Å². The Kier molecular flexibility index (Phi) is 2.88. The quantitative estimate of drug-likeness (QED) is 0.877. The van der Waals surface area contributed by atoms with Crippen molar-refractivity contribution in [3.05, 3.63) is 28.7 Å². The molecule has 1 aromatic heterocycles. The number of fused-ring (bicyclic) bond motifs is 1. The van der Waals surface area contributed by atoms with Crippen LogP contribution in [-0.4, -0.2) is 22.6 Å². The molecule has 5 heteroatoms. The number of piperidine rings is 1. The molecule has 1 aliphatic rings. The molecule has 0 amide bonds. The van der Waals surface area contributed by atoms with Crippen LogP contribution in [0.2, 0.25) is 0 Å². The highest BCUT2D eigenvalue weighted by molar-refractivity contribution is 9.10. The highest BCUT2D eigenvalue weighted by Crippen LogP contribution is 2.29. The fraction of sp³-hybridized carbons (Fsp3) is 0.417. The summed E-state index contributed by atoms with van der Waals surface area (Å²) in [5.41, 5.74) is 1.32. The van der Waals surface area contributed by atoms with Crippen molar-refractivity contribution in [1.82, 2.24) is 14.9 Å². The van der Waals surface area contributed by atoms with Crippen LogP contribution in [0.25, 0.3) is 11.0 Å². The van der Waals surface area contributed by atoms with E-state index in [0.29, 0.717) is 16.3 Å². The maximum absolute atomic E-state index is 13.6. The van der Waals surface area contributed by atoms with Crippen LogP contribution in [0, 0.1) is 5.82 Å². The summed E-state index contributed by atoms with van der Waals surface area (Å²) in [6, 6.07) is 5.46. The number of aromatic nitrogens is 2. The standard InChI is InChI=1S/C12H13BrFN3/c13-12-16-11-9(14)4-1-5-10(11)17(12)8-3-2-6-15-7-8/h1,4-5,8,15H,2-3,6-7H2. The van der Waals surface area contributed by atoms with Crippen LogP contribution in [0.3, 0.4) is 0 Å². The lowest BCUT2D eigenvalue weighted by molar-refractivity contribution is 0.373. The molecule has 0 spiro atoms. The average Bonchev–Trinajstić information content (AvgIpc) is 2.68. The lowest BCUT2D eigenvalue weighted by Gasteiger charge is -2.25. The first-order valence-corrected chi connectivity index (χ1v) is 6.59. The number of para-hydroxylation sites is 1. The van der Waals surface area contributed by atoms with Crippen molar-refractivity contribution >= 4 is 27.0 Å². The van der Waals surface area contributed by atoms with Gasteiger partial charge in [0.1, 0.15) is 5.52 Å². The third kappa shape index (κ3) is 1.87. The molecular formula is C12H13BrFN3. The summed E-state index contributed by atoms with van der Waals surface area (Å²) in [6.07, 6.45) is 2.25. The van der Waals surface area contributed by atoms with Crippen molar-refractivity contribution < 1.29 is 4.39 Å². The second kappa shape index (κ2) is 4.38. The van der Waals surface area contributed by atoms with Gasteiger partial charge >= 0.3 is 0 Å². The molecule has 0 bridgehead atoms. The van der Waals surface area contributed by atoms with E-state index in [1.165, 1.54) is 6.07 Å². The van der Waals surface area contributed by atoms with E-state index in [-0.39, 0.29) is 5.82 Å². The van der Waals surface area contributed by atoms with Crippen molar-refractivity contribution in [2.24, 2.45) is 0 Å². The molecule has 0 radical (unpaired) electrons. The van der Waals surface area contributed by atoms with Gasteiger partial charge in [0.2, 0.25) is 0 Å². The minimum atomic E-state index is -0.259. The van der Waals surface area contributed by atoms with Crippen molar-refractivity contribution in [2.75, 3.05) is 13.1 Å². The van der Waals surface area contributed by atoms with E-state index in [1.54, 1.807) is 6.07 Å². The molecule has 2 aromatic rings. The Balaban J connectivity index is 2.14. The summed E-state index contributed by atoms with van der Waals surface area (Å²) >= 11 is 3.44. The van der Waals surface area contributed by atoms with Crippen LogP contribution < -0.4 is 5.32 Å². The van der Waals surface area contributed by atoms with Crippen molar-refractivity contribution in [3.8, 4) is 0 Å². The molecule has 17 heavy (non-hydrogen) atoms. The summed E-state index contributed by atoms with van der Waals surface area (Å²) < 4.78 is 16.4. The monoisotopic (exact) mass is 297 g/mol. The Morgan fingerprint density at radius 3 is 3.12 bits per heavy atom. The van der Waals surface area contributed by atoms with Gasteiger partial charge in [-0.05, 0) is 47.4 Å². The van der Waals surface area contributed by atoms with Gasteiger partial charge in [-0.25, -0.2) is 9.37 Å². The van der Waals surface area contributed by atoms with Crippen LogP contribution in [0.15, 0.2) is 22.9 Å². The number of rotatable bonds is 1. The molecule has 1 saturated heterocycles. The third-order valence-corrected chi connectivity index (χ3v) is 3.82. The van der Waals surface area contributed by atoms with Gasteiger partial charge in [0, 0.05) is 12.6 Å². The fourth-order valence-electron chi connectivity index (χ4n) is 2.46. The lowest BCUT2D eigenvalue weighted by atomic mass is 10.1. The molecule has 90 valence electrons. The Hall–Kier alpha value is -0.940. The molecule has 1 aromatic carbocycles. The average molecular weight is 298 g/mol. The summed E-state index contributed by atoms with van der Waals surface area (Å²) in [7, 11) is 0. The summed E-state index contributed by atoms with van der Waals surface area (Å²) in [5.74, 6) is -0.259. The predicted molar refractivity (Wildman–Crippen MR) is 68.5 cm³/mol. The zero-order valence-electron chi connectivity index (χ0n) is 9.29. The zero-order chi connectivity index (χ0) is 11.8. The molecule has 3 nitrogen and oxygen atoms in total. The summed E-state index contributed by atoms with van der Waals surface area (Å²) in [5, 5.41) is 3.37. The number of halogens is 2. The van der Waals surface area contributed by atoms with Gasteiger partial charge in [-0.1, -0.05) is 6.07 Å². The second-order valence-corrected chi connectivity index (χ2v) is 5.07. The van der Waals surface area contributed by atoms with E-state index in [4.69, 9.17) is 0 Å². The molecule has 3 rings (SSSR count). The predicted octanol–water partition coefficient (Wildman–Crippen LogP) is 2.86. The maximum Gasteiger partial charge on any atom is 0.178 e. The Bertz CT molecular complexity index is 546. The molecule has 1 unspecified atom stereocenters. The first-order valence-electron chi connectivity index (χ1n) is 5.80. The Morgan fingerprint density at radius 2 is 2.35 bits per heavy atom. The maximum atomic E-state index is 13.6. The molecule has 1 aliphatic heterocycles. The summed E-state index contributed by atoms with van der Waals surface area (Å²) in [4.78, 5) is 4.26. The molecule has 1 fully saturated rings.